The molecule has 5 nitrogen and oxygen atoms in total. The molecule has 112 valence electrons. The first-order valence-corrected chi connectivity index (χ1v) is 6.97. The van der Waals surface area contributed by atoms with Crippen molar-refractivity contribution in [3.63, 3.8) is 0 Å². The van der Waals surface area contributed by atoms with Crippen molar-refractivity contribution in [2.45, 2.75) is 26.4 Å². The van der Waals surface area contributed by atoms with Crippen molar-refractivity contribution in [1.29, 1.82) is 0 Å². The summed E-state index contributed by atoms with van der Waals surface area (Å²) in [5.41, 5.74) is 2.16. The van der Waals surface area contributed by atoms with Crippen molar-refractivity contribution < 1.29 is 14.4 Å². The van der Waals surface area contributed by atoms with Gasteiger partial charge in [0.15, 0.2) is 0 Å². The van der Waals surface area contributed by atoms with Gasteiger partial charge in [-0.05, 0) is 31.5 Å². The van der Waals surface area contributed by atoms with Crippen LogP contribution in [0.2, 0.25) is 5.02 Å². The van der Waals surface area contributed by atoms with Gasteiger partial charge in [0.25, 0.3) is 0 Å². The summed E-state index contributed by atoms with van der Waals surface area (Å²) in [5, 5.41) is 17.1. The highest BCUT2D eigenvalue weighted by Crippen LogP contribution is 2.17. The van der Waals surface area contributed by atoms with Crippen LogP contribution in [0.3, 0.4) is 0 Å². The number of carbonyl (C=O) groups excluding carboxylic acids is 1. The first kappa shape index (κ1) is 15.5. The highest BCUT2D eigenvalue weighted by Gasteiger charge is 2.15. The molecule has 1 aromatic carbocycles. The van der Waals surface area contributed by atoms with E-state index in [0.717, 1.165) is 5.56 Å². The average molecular weight is 309 g/mol. The van der Waals surface area contributed by atoms with Crippen molar-refractivity contribution in [2.24, 2.45) is 0 Å². The van der Waals surface area contributed by atoms with Crippen LogP contribution in [0.15, 0.2) is 28.8 Å². The Hall–Kier alpha value is -1.85. The molecule has 2 aromatic rings. The molecular weight excluding hydrogens is 292 g/mol. The molecule has 1 heterocycles. The molecule has 6 heteroatoms. The Kier molecular flexibility index (Phi) is 4.98. The van der Waals surface area contributed by atoms with E-state index in [1.54, 1.807) is 38.1 Å². The third-order valence-electron chi connectivity index (χ3n) is 3.24. The molecule has 21 heavy (non-hydrogen) atoms. The van der Waals surface area contributed by atoms with Crippen molar-refractivity contribution in [3.05, 3.63) is 51.9 Å². The smallest absolute Gasteiger partial charge is 0.224 e. The number of aromatic nitrogens is 1. The van der Waals surface area contributed by atoms with Gasteiger partial charge in [0.05, 0.1) is 18.2 Å². The molecule has 0 fully saturated rings. The number of amides is 1. The Bertz CT molecular complexity index is 620. The molecule has 0 aliphatic heterocycles. The summed E-state index contributed by atoms with van der Waals surface area (Å²) >= 11 is 5.87. The molecule has 1 aromatic heterocycles. The van der Waals surface area contributed by atoms with Crippen LogP contribution >= 0.6 is 11.6 Å². The molecule has 0 saturated carbocycles. The molecule has 0 aliphatic rings. The average Bonchev–Trinajstić information content (AvgIpc) is 2.76. The predicted molar refractivity (Wildman–Crippen MR) is 79.1 cm³/mol. The molecule has 0 radical (unpaired) electrons. The standard InChI is InChI=1S/C15H17ClN2O3/c1-9-13(10(2)21-18-9)7-15(20)17-8-14(19)11-4-3-5-12(16)6-11/h3-6,14,19H,7-8H2,1-2H3,(H,17,20)/t14-/m1/s1. The zero-order valence-electron chi connectivity index (χ0n) is 11.9. The predicted octanol–water partition coefficient (Wildman–Crippen LogP) is 2.34. The molecular formula is C15H17ClN2O3. The number of benzene rings is 1. The number of nitrogens with zero attached hydrogens (tertiary/aromatic N) is 1. The van der Waals surface area contributed by atoms with Crippen LogP contribution in [0.25, 0.3) is 0 Å². The summed E-state index contributed by atoms with van der Waals surface area (Å²) < 4.78 is 5.01. The third-order valence-corrected chi connectivity index (χ3v) is 3.48. The normalized spacial score (nSPS) is 12.2. The van der Waals surface area contributed by atoms with Crippen LogP contribution in [0.5, 0.6) is 0 Å². The minimum absolute atomic E-state index is 0.128. The topological polar surface area (TPSA) is 75.4 Å². The fourth-order valence-corrected chi connectivity index (χ4v) is 2.22. The van der Waals surface area contributed by atoms with Crippen LogP contribution in [-0.2, 0) is 11.2 Å². The van der Waals surface area contributed by atoms with Gasteiger partial charge in [0.2, 0.25) is 5.91 Å². The quantitative estimate of drug-likeness (QED) is 0.889. The Labute approximate surface area is 127 Å². The molecule has 1 amide bonds. The van der Waals surface area contributed by atoms with E-state index in [2.05, 4.69) is 10.5 Å². The van der Waals surface area contributed by atoms with Gasteiger partial charge in [0.1, 0.15) is 5.76 Å². The minimum atomic E-state index is -0.794. The summed E-state index contributed by atoms with van der Waals surface area (Å²) in [6.07, 6.45) is -0.610. The van der Waals surface area contributed by atoms with Gasteiger partial charge in [-0.1, -0.05) is 28.9 Å². The number of rotatable bonds is 5. The molecule has 0 unspecified atom stereocenters. The Morgan fingerprint density at radius 3 is 2.86 bits per heavy atom. The lowest BCUT2D eigenvalue weighted by molar-refractivity contribution is -0.120. The molecule has 2 N–H and O–H groups in total. The highest BCUT2D eigenvalue weighted by molar-refractivity contribution is 6.30. The van der Waals surface area contributed by atoms with Gasteiger partial charge < -0.3 is 14.9 Å². The number of halogens is 1. The summed E-state index contributed by atoms with van der Waals surface area (Å²) in [6.45, 7) is 3.69. The van der Waals surface area contributed by atoms with Crippen molar-refractivity contribution in [1.82, 2.24) is 10.5 Å². The van der Waals surface area contributed by atoms with Gasteiger partial charge in [0, 0.05) is 17.1 Å². The maximum Gasteiger partial charge on any atom is 0.224 e. The van der Waals surface area contributed by atoms with Crippen molar-refractivity contribution in [3.8, 4) is 0 Å². The van der Waals surface area contributed by atoms with Gasteiger partial charge >= 0.3 is 0 Å². The lowest BCUT2D eigenvalue weighted by atomic mass is 10.1. The first-order valence-electron chi connectivity index (χ1n) is 6.59. The highest BCUT2D eigenvalue weighted by atomic mass is 35.5. The summed E-state index contributed by atoms with van der Waals surface area (Å²) in [7, 11) is 0. The van der Waals surface area contributed by atoms with E-state index in [9.17, 15) is 9.90 Å². The number of hydrogen-bond donors (Lipinski definition) is 2. The Morgan fingerprint density at radius 1 is 1.48 bits per heavy atom. The van der Waals surface area contributed by atoms with E-state index in [1.807, 2.05) is 0 Å². The van der Waals surface area contributed by atoms with Crippen LogP contribution in [0.4, 0.5) is 0 Å². The summed E-state index contributed by atoms with van der Waals surface area (Å²) in [4.78, 5) is 11.9. The number of nitrogens with one attached hydrogen (secondary N) is 1. The second kappa shape index (κ2) is 6.74. The van der Waals surface area contributed by atoms with E-state index in [4.69, 9.17) is 16.1 Å². The van der Waals surface area contributed by atoms with Crippen molar-refractivity contribution in [2.75, 3.05) is 6.54 Å². The van der Waals surface area contributed by atoms with Crippen LogP contribution in [0, 0.1) is 13.8 Å². The lowest BCUT2D eigenvalue weighted by Crippen LogP contribution is -2.29. The first-order chi connectivity index (χ1) is 9.97. The molecule has 1 atom stereocenters. The number of aryl methyl sites for hydroxylation is 2. The number of hydrogen-bond acceptors (Lipinski definition) is 4. The van der Waals surface area contributed by atoms with Crippen molar-refractivity contribution >= 4 is 17.5 Å². The Morgan fingerprint density at radius 2 is 2.24 bits per heavy atom. The summed E-state index contributed by atoms with van der Waals surface area (Å²) in [5.74, 6) is 0.448. The van der Waals surface area contributed by atoms with Crippen LogP contribution < -0.4 is 5.32 Å². The summed E-state index contributed by atoms with van der Waals surface area (Å²) in [6, 6.07) is 6.92. The third kappa shape index (κ3) is 4.06. The number of aliphatic hydroxyl groups is 1. The molecule has 0 aliphatic carbocycles. The zero-order chi connectivity index (χ0) is 15.4. The molecule has 0 bridgehead atoms. The lowest BCUT2D eigenvalue weighted by Gasteiger charge is -2.12. The van der Waals surface area contributed by atoms with E-state index in [-0.39, 0.29) is 18.9 Å². The van der Waals surface area contributed by atoms with Gasteiger partial charge in [-0.2, -0.15) is 0 Å². The van der Waals surface area contributed by atoms with E-state index in [1.165, 1.54) is 0 Å². The minimum Gasteiger partial charge on any atom is -0.387 e. The van der Waals surface area contributed by atoms with Crippen LogP contribution in [-0.4, -0.2) is 22.7 Å². The molecule has 0 spiro atoms. The number of aliphatic hydroxyl groups excluding tert-OH is 1. The maximum absolute atomic E-state index is 11.9. The van der Waals surface area contributed by atoms with Gasteiger partial charge in [-0.3, -0.25) is 4.79 Å². The zero-order valence-corrected chi connectivity index (χ0v) is 12.6. The Balaban J connectivity index is 1.89. The maximum atomic E-state index is 11.9. The number of carbonyl (C=O) groups is 1. The largest absolute Gasteiger partial charge is 0.387 e. The second-order valence-electron chi connectivity index (χ2n) is 4.85. The fourth-order valence-electron chi connectivity index (χ4n) is 2.02. The monoisotopic (exact) mass is 308 g/mol. The van der Waals surface area contributed by atoms with Gasteiger partial charge in [-0.15, -0.1) is 0 Å². The fraction of sp³-hybridized carbons (Fsp3) is 0.333. The van der Waals surface area contributed by atoms with Gasteiger partial charge in [-0.25, -0.2) is 0 Å². The second-order valence-corrected chi connectivity index (χ2v) is 5.29. The molecule has 2 rings (SSSR count). The van der Waals surface area contributed by atoms with E-state index >= 15 is 0 Å². The molecule has 0 saturated heterocycles. The van der Waals surface area contributed by atoms with E-state index in [0.29, 0.717) is 22.0 Å². The van der Waals surface area contributed by atoms with E-state index < -0.39 is 6.10 Å². The SMILES string of the molecule is Cc1noc(C)c1CC(=O)NC[C@@H](O)c1cccc(Cl)c1. The van der Waals surface area contributed by atoms with Crippen LogP contribution in [0.1, 0.15) is 28.7 Å².